The SMILES string of the molecule is CC(C)c1cc2c(NCCC3CCC3)nccn2n1. The van der Waals surface area contributed by atoms with Crippen molar-refractivity contribution >= 4 is 11.3 Å². The molecule has 0 aliphatic heterocycles. The Morgan fingerprint density at radius 3 is 2.95 bits per heavy atom. The summed E-state index contributed by atoms with van der Waals surface area (Å²) < 4.78 is 1.92. The zero-order valence-corrected chi connectivity index (χ0v) is 11.8. The third kappa shape index (κ3) is 2.57. The first-order valence-corrected chi connectivity index (χ1v) is 7.32. The first-order chi connectivity index (χ1) is 9.24. The Hall–Kier alpha value is -1.58. The molecule has 2 aromatic heterocycles. The summed E-state index contributed by atoms with van der Waals surface area (Å²) in [6, 6.07) is 2.14. The summed E-state index contributed by atoms with van der Waals surface area (Å²) in [5, 5.41) is 8.05. The molecule has 1 aliphatic rings. The minimum atomic E-state index is 0.447. The van der Waals surface area contributed by atoms with Crippen LogP contribution in [0.3, 0.4) is 0 Å². The van der Waals surface area contributed by atoms with Crippen molar-refractivity contribution in [3.8, 4) is 0 Å². The number of aromatic nitrogens is 3. The van der Waals surface area contributed by atoms with Crippen LogP contribution in [-0.2, 0) is 0 Å². The molecule has 1 aliphatic carbocycles. The van der Waals surface area contributed by atoms with Crippen LogP contribution in [0.1, 0.15) is 51.1 Å². The highest BCUT2D eigenvalue weighted by Crippen LogP contribution is 2.29. The van der Waals surface area contributed by atoms with E-state index in [0.29, 0.717) is 5.92 Å². The van der Waals surface area contributed by atoms with Gasteiger partial charge in [0.2, 0.25) is 0 Å². The predicted octanol–water partition coefficient (Wildman–Crippen LogP) is 3.45. The number of hydrogen-bond acceptors (Lipinski definition) is 3. The molecule has 0 amide bonds. The minimum Gasteiger partial charge on any atom is -0.368 e. The number of fused-ring (bicyclic) bond motifs is 1. The van der Waals surface area contributed by atoms with Gasteiger partial charge >= 0.3 is 0 Å². The number of nitrogens with one attached hydrogen (secondary N) is 1. The standard InChI is InChI=1S/C15H22N4/c1-11(2)13-10-14-15(17-8-9-19(14)18-13)16-7-6-12-4-3-5-12/h8-12H,3-7H2,1-2H3,(H,16,17). The van der Waals surface area contributed by atoms with Crippen molar-refractivity contribution in [2.75, 3.05) is 11.9 Å². The topological polar surface area (TPSA) is 42.2 Å². The molecule has 0 spiro atoms. The molecule has 1 fully saturated rings. The molecule has 0 unspecified atom stereocenters. The molecule has 2 aromatic rings. The lowest BCUT2D eigenvalue weighted by Gasteiger charge is -2.25. The molecule has 1 saturated carbocycles. The molecule has 0 bridgehead atoms. The smallest absolute Gasteiger partial charge is 0.152 e. The van der Waals surface area contributed by atoms with Crippen LogP contribution in [0.5, 0.6) is 0 Å². The number of anilines is 1. The highest BCUT2D eigenvalue weighted by Gasteiger charge is 2.17. The van der Waals surface area contributed by atoms with Gasteiger partial charge in [-0.15, -0.1) is 0 Å². The van der Waals surface area contributed by atoms with Crippen LogP contribution in [0.4, 0.5) is 5.82 Å². The number of rotatable bonds is 5. The summed E-state index contributed by atoms with van der Waals surface area (Å²) in [5.41, 5.74) is 2.20. The molecule has 0 atom stereocenters. The lowest BCUT2D eigenvalue weighted by molar-refractivity contribution is 0.303. The largest absolute Gasteiger partial charge is 0.368 e. The van der Waals surface area contributed by atoms with Gasteiger partial charge in [0, 0.05) is 18.9 Å². The Morgan fingerprint density at radius 2 is 2.26 bits per heavy atom. The fourth-order valence-electron chi connectivity index (χ4n) is 2.54. The first kappa shape index (κ1) is 12.5. The Labute approximate surface area is 114 Å². The average Bonchev–Trinajstić information content (AvgIpc) is 2.77. The summed E-state index contributed by atoms with van der Waals surface area (Å²) in [6.45, 7) is 5.34. The Bertz CT molecular complexity index is 554. The zero-order chi connectivity index (χ0) is 13.2. The van der Waals surface area contributed by atoms with E-state index in [9.17, 15) is 0 Å². The summed E-state index contributed by atoms with van der Waals surface area (Å²) >= 11 is 0. The van der Waals surface area contributed by atoms with Gasteiger partial charge in [0.25, 0.3) is 0 Å². The van der Waals surface area contributed by atoms with Crippen molar-refractivity contribution in [3.05, 3.63) is 24.2 Å². The van der Waals surface area contributed by atoms with E-state index in [1.165, 1.54) is 25.7 Å². The number of nitrogens with zero attached hydrogens (tertiary/aromatic N) is 3. The van der Waals surface area contributed by atoms with Gasteiger partial charge in [-0.25, -0.2) is 9.50 Å². The maximum atomic E-state index is 4.58. The van der Waals surface area contributed by atoms with E-state index in [1.807, 2.05) is 16.9 Å². The second-order valence-corrected chi connectivity index (χ2v) is 5.84. The van der Waals surface area contributed by atoms with Crippen molar-refractivity contribution in [3.63, 3.8) is 0 Å². The van der Waals surface area contributed by atoms with Crippen molar-refractivity contribution in [2.24, 2.45) is 5.92 Å². The Kier molecular flexibility index (Phi) is 3.40. The molecular weight excluding hydrogens is 236 g/mol. The summed E-state index contributed by atoms with van der Waals surface area (Å²) in [6.07, 6.45) is 9.22. The second kappa shape index (κ2) is 5.19. The van der Waals surface area contributed by atoms with Gasteiger partial charge in [-0.1, -0.05) is 33.1 Å². The quantitative estimate of drug-likeness (QED) is 0.893. The van der Waals surface area contributed by atoms with Gasteiger partial charge in [0.1, 0.15) is 5.52 Å². The van der Waals surface area contributed by atoms with Gasteiger partial charge in [0.15, 0.2) is 5.82 Å². The monoisotopic (exact) mass is 258 g/mol. The van der Waals surface area contributed by atoms with Crippen LogP contribution in [0.15, 0.2) is 18.5 Å². The van der Waals surface area contributed by atoms with Gasteiger partial charge < -0.3 is 5.32 Å². The van der Waals surface area contributed by atoms with Crippen molar-refractivity contribution in [2.45, 2.75) is 45.4 Å². The predicted molar refractivity (Wildman–Crippen MR) is 77.5 cm³/mol. The molecule has 102 valence electrons. The van der Waals surface area contributed by atoms with Gasteiger partial charge in [-0.05, 0) is 24.3 Å². The van der Waals surface area contributed by atoms with E-state index in [0.717, 1.165) is 29.5 Å². The molecule has 2 heterocycles. The molecule has 3 rings (SSSR count). The highest BCUT2D eigenvalue weighted by molar-refractivity contribution is 5.67. The third-order valence-electron chi connectivity index (χ3n) is 4.07. The van der Waals surface area contributed by atoms with Crippen molar-refractivity contribution < 1.29 is 0 Å². The Balaban J connectivity index is 1.74. The summed E-state index contributed by atoms with van der Waals surface area (Å²) in [5.74, 6) is 2.34. The second-order valence-electron chi connectivity index (χ2n) is 5.84. The minimum absolute atomic E-state index is 0.447. The van der Waals surface area contributed by atoms with Gasteiger partial charge in [-0.2, -0.15) is 5.10 Å². The van der Waals surface area contributed by atoms with Gasteiger partial charge in [0.05, 0.1) is 5.69 Å². The third-order valence-corrected chi connectivity index (χ3v) is 4.07. The molecule has 1 N–H and O–H groups in total. The van der Waals surface area contributed by atoms with Crippen LogP contribution in [0.25, 0.3) is 5.52 Å². The maximum Gasteiger partial charge on any atom is 0.152 e. The van der Waals surface area contributed by atoms with E-state index in [-0.39, 0.29) is 0 Å². The molecule has 0 radical (unpaired) electrons. The van der Waals surface area contributed by atoms with E-state index >= 15 is 0 Å². The lowest BCUT2D eigenvalue weighted by Crippen LogP contribution is -2.16. The van der Waals surface area contributed by atoms with Crippen LogP contribution in [0, 0.1) is 5.92 Å². The molecule has 4 nitrogen and oxygen atoms in total. The zero-order valence-electron chi connectivity index (χ0n) is 11.8. The molecule has 0 saturated heterocycles. The average molecular weight is 258 g/mol. The lowest BCUT2D eigenvalue weighted by atomic mass is 9.83. The van der Waals surface area contributed by atoms with Crippen LogP contribution in [-0.4, -0.2) is 21.1 Å². The van der Waals surface area contributed by atoms with Crippen LogP contribution >= 0.6 is 0 Å². The number of hydrogen-bond donors (Lipinski definition) is 1. The highest BCUT2D eigenvalue weighted by atomic mass is 15.2. The van der Waals surface area contributed by atoms with E-state index in [2.05, 4.69) is 35.3 Å². The van der Waals surface area contributed by atoms with E-state index in [4.69, 9.17) is 0 Å². The fourth-order valence-corrected chi connectivity index (χ4v) is 2.54. The Morgan fingerprint density at radius 1 is 1.42 bits per heavy atom. The molecule has 4 heteroatoms. The summed E-state index contributed by atoms with van der Waals surface area (Å²) in [4.78, 5) is 4.45. The van der Waals surface area contributed by atoms with Crippen molar-refractivity contribution in [1.29, 1.82) is 0 Å². The van der Waals surface area contributed by atoms with E-state index in [1.54, 1.807) is 0 Å². The van der Waals surface area contributed by atoms with Gasteiger partial charge in [-0.3, -0.25) is 0 Å². The molecular formula is C15H22N4. The maximum absolute atomic E-state index is 4.58. The fraction of sp³-hybridized carbons (Fsp3) is 0.600. The summed E-state index contributed by atoms with van der Waals surface area (Å²) in [7, 11) is 0. The van der Waals surface area contributed by atoms with Crippen molar-refractivity contribution in [1.82, 2.24) is 14.6 Å². The molecule has 0 aromatic carbocycles. The van der Waals surface area contributed by atoms with Crippen LogP contribution in [0.2, 0.25) is 0 Å². The first-order valence-electron chi connectivity index (χ1n) is 7.32. The van der Waals surface area contributed by atoms with Crippen LogP contribution < -0.4 is 5.32 Å². The normalized spacial score (nSPS) is 15.9. The van der Waals surface area contributed by atoms with E-state index < -0.39 is 0 Å². The molecule has 19 heavy (non-hydrogen) atoms.